The van der Waals surface area contributed by atoms with E-state index in [1.165, 1.54) is 0 Å². The van der Waals surface area contributed by atoms with E-state index in [2.05, 4.69) is 4.74 Å². The molecule has 0 saturated carbocycles. The van der Waals surface area contributed by atoms with E-state index in [0.29, 0.717) is 0 Å². The minimum absolute atomic E-state index is 0.117. The molecule has 94 valence electrons. The molecule has 2 nitrogen and oxygen atoms in total. The van der Waals surface area contributed by atoms with Gasteiger partial charge in [-0.1, -0.05) is 0 Å². The van der Waals surface area contributed by atoms with Crippen LogP contribution in [-0.4, -0.2) is 36.9 Å². The van der Waals surface area contributed by atoms with Crippen LogP contribution >= 0.6 is 0 Å². The zero-order valence-corrected chi connectivity index (χ0v) is 7.57. The number of alkyl halides is 5. The van der Waals surface area contributed by atoms with Crippen molar-refractivity contribution in [1.82, 2.24) is 4.90 Å². The first-order valence-corrected chi connectivity index (χ1v) is 4.03. The first-order chi connectivity index (χ1) is 7.21. The zero-order valence-electron chi connectivity index (χ0n) is 7.57. The van der Waals surface area contributed by atoms with E-state index < -0.39 is 43.8 Å². The fourth-order valence-corrected chi connectivity index (χ4v) is 1.26. The molecule has 1 aliphatic heterocycles. The average molecular weight is 253 g/mol. The van der Waals surface area contributed by atoms with E-state index in [1.54, 1.807) is 0 Å². The smallest absolute Gasteiger partial charge is 0.352 e. The third-order valence-corrected chi connectivity index (χ3v) is 1.79. The van der Waals surface area contributed by atoms with Crippen molar-refractivity contribution in [2.45, 2.75) is 18.9 Å². The first-order valence-electron chi connectivity index (χ1n) is 4.03. The summed E-state index contributed by atoms with van der Waals surface area (Å²) in [5.41, 5.74) is -2.33. The predicted octanol–water partition coefficient (Wildman–Crippen LogP) is 2.58. The highest BCUT2D eigenvalue weighted by Crippen LogP contribution is 2.34. The van der Waals surface area contributed by atoms with Crippen LogP contribution in [0.2, 0.25) is 0 Å². The quantitative estimate of drug-likeness (QED) is 0.666. The minimum atomic E-state index is -5.37. The summed E-state index contributed by atoms with van der Waals surface area (Å²) in [5.74, 6) is 0. The largest absolute Gasteiger partial charge is 0.436 e. The summed E-state index contributed by atoms with van der Waals surface area (Å²) in [5, 5.41) is 0. The summed E-state index contributed by atoms with van der Waals surface area (Å²) in [6.45, 7) is -2.18. The van der Waals surface area contributed by atoms with Crippen LogP contribution in [0.25, 0.3) is 0 Å². The molecule has 1 rings (SSSR count). The lowest BCUT2D eigenvalue weighted by molar-refractivity contribution is -0.198. The van der Waals surface area contributed by atoms with Crippen LogP contribution in [0.3, 0.4) is 0 Å². The van der Waals surface area contributed by atoms with E-state index in [-0.39, 0.29) is 4.90 Å². The van der Waals surface area contributed by atoms with Gasteiger partial charge in [-0.15, -0.1) is 0 Å². The van der Waals surface area contributed by atoms with Gasteiger partial charge >= 0.3 is 6.18 Å². The molecule has 16 heavy (non-hydrogen) atoms. The monoisotopic (exact) mass is 253 g/mol. The molecule has 0 aliphatic carbocycles. The lowest BCUT2D eigenvalue weighted by Crippen LogP contribution is -2.46. The Balaban J connectivity index is 2.93. The van der Waals surface area contributed by atoms with Crippen LogP contribution in [-0.2, 0) is 4.74 Å². The van der Waals surface area contributed by atoms with Gasteiger partial charge in [-0.3, -0.25) is 0 Å². The molecule has 2 atom stereocenters. The second-order valence-electron chi connectivity index (χ2n) is 2.97. The second kappa shape index (κ2) is 4.48. The highest BCUT2D eigenvalue weighted by Gasteiger charge is 2.44. The molecule has 0 amide bonds. The van der Waals surface area contributed by atoms with Gasteiger partial charge in [0.05, 0.1) is 13.1 Å². The van der Waals surface area contributed by atoms with Crippen molar-refractivity contribution >= 4 is 0 Å². The molecule has 1 saturated heterocycles. The lowest BCUT2D eigenvalue weighted by atomic mass is 10.3. The van der Waals surface area contributed by atoms with E-state index in [0.717, 1.165) is 0 Å². The van der Waals surface area contributed by atoms with Crippen molar-refractivity contribution in [2.24, 2.45) is 0 Å². The zero-order chi connectivity index (χ0) is 12.5. The molecule has 0 bridgehead atoms. The Morgan fingerprint density at radius 2 is 1.50 bits per heavy atom. The maximum atomic E-state index is 12.6. The molecule has 9 heteroatoms. The second-order valence-corrected chi connectivity index (χ2v) is 2.97. The number of halogens is 7. The Kier molecular flexibility index (Phi) is 3.66. The van der Waals surface area contributed by atoms with Crippen molar-refractivity contribution < 1.29 is 35.5 Å². The molecule has 2 unspecified atom stereocenters. The molecule has 0 N–H and O–H groups in total. The molecular weight excluding hydrogens is 247 g/mol. The molecule has 1 aliphatic rings. The number of ether oxygens (including phenoxy) is 1. The molecule has 0 aromatic rings. The lowest BCUT2D eigenvalue weighted by Gasteiger charge is -2.34. The molecule has 1 heterocycles. The van der Waals surface area contributed by atoms with Crippen molar-refractivity contribution in [3.63, 3.8) is 0 Å². The van der Waals surface area contributed by atoms with Gasteiger partial charge in [0.15, 0.2) is 5.70 Å². The van der Waals surface area contributed by atoms with E-state index in [9.17, 15) is 30.7 Å². The Hall–Kier alpha value is -0.990. The number of nitrogens with zero attached hydrogens (tertiary/aromatic N) is 1. The highest BCUT2D eigenvalue weighted by atomic mass is 19.4. The van der Waals surface area contributed by atoms with Crippen molar-refractivity contribution in [2.75, 3.05) is 13.1 Å². The standard InChI is InChI=1S/C7H6F7NO/c8-3-1-15(2-4(9)16-3)5(6(10)11)7(12,13)14/h3-4H,1-2H2. The number of hydrogen-bond donors (Lipinski definition) is 0. The van der Waals surface area contributed by atoms with Gasteiger partial charge < -0.3 is 9.64 Å². The minimum Gasteiger partial charge on any atom is -0.352 e. The Bertz CT molecular complexity index is 275. The molecule has 0 aromatic heterocycles. The van der Waals surface area contributed by atoms with Crippen molar-refractivity contribution in [3.05, 3.63) is 11.8 Å². The van der Waals surface area contributed by atoms with Gasteiger partial charge in [-0.05, 0) is 0 Å². The van der Waals surface area contributed by atoms with Crippen LogP contribution in [0.1, 0.15) is 0 Å². The molecule has 0 radical (unpaired) electrons. The van der Waals surface area contributed by atoms with Crippen LogP contribution in [0, 0.1) is 0 Å². The van der Waals surface area contributed by atoms with Crippen molar-refractivity contribution in [3.8, 4) is 0 Å². The normalized spacial score (nSPS) is 26.8. The topological polar surface area (TPSA) is 12.5 Å². The van der Waals surface area contributed by atoms with Gasteiger partial charge in [-0.2, -0.15) is 22.0 Å². The Morgan fingerprint density at radius 3 is 1.81 bits per heavy atom. The summed E-state index contributed by atoms with van der Waals surface area (Å²) in [4.78, 5) is -0.117. The number of morpholine rings is 1. The first kappa shape index (κ1) is 13.1. The Labute approximate surface area is 85.3 Å². The number of hydrogen-bond acceptors (Lipinski definition) is 2. The molecule has 0 spiro atoms. The third-order valence-electron chi connectivity index (χ3n) is 1.79. The number of rotatable bonds is 1. The van der Waals surface area contributed by atoms with Crippen molar-refractivity contribution in [1.29, 1.82) is 0 Å². The molecule has 0 aromatic carbocycles. The fraction of sp³-hybridized carbons (Fsp3) is 0.714. The van der Waals surface area contributed by atoms with Crippen LogP contribution in [0.15, 0.2) is 11.8 Å². The van der Waals surface area contributed by atoms with E-state index in [1.807, 2.05) is 0 Å². The average Bonchev–Trinajstić information content (AvgIpc) is 1.96. The highest BCUT2D eigenvalue weighted by molar-refractivity contribution is 5.09. The Morgan fingerprint density at radius 1 is 1.06 bits per heavy atom. The van der Waals surface area contributed by atoms with Gasteiger partial charge in [0.2, 0.25) is 12.7 Å². The van der Waals surface area contributed by atoms with E-state index in [4.69, 9.17) is 0 Å². The summed E-state index contributed by atoms with van der Waals surface area (Å²) >= 11 is 0. The van der Waals surface area contributed by atoms with Gasteiger partial charge in [0.1, 0.15) is 0 Å². The molecule has 1 fully saturated rings. The maximum absolute atomic E-state index is 12.6. The SMILES string of the molecule is FC(F)=C(N1CC(F)OC(F)C1)C(F)(F)F. The number of allylic oxidation sites excluding steroid dienone is 1. The van der Waals surface area contributed by atoms with Gasteiger partial charge in [0.25, 0.3) is 6.08 Å². The summed E-state index contributed by atoms with van der Waals surface area (Å²) < 4.78 is 89.5. The summed E-state index contributed by atoms with van der Waals surface area (Å²) in [6.07, 6.45) is -13.1. The molecular formula is C7H6F7NO. The van der Waals surface area contributed by atoms with Crippen LogP contribution in [0.5, 0.6) is 0 Å². The third kappa shape index (κ3) is 3.00. The summed E-state index contributed by atoms with van der Waals surface area (Å²) in [6, 6.07) is 0. The fourth-order valence-electron chi connectivity index (χ4n) is 1.26. The van der Waals surface area contributed by atoms with Gasteiger partial charge in [-0.25, -0.2) is 8.78 Å². The summed E-state index contributed by atoms with van der Waals surface area (Å²) in [7, 11) is 0. The maximum Gasteiger partial charge on any atom is 0.436 e. The van der Waals surface area contributed by atoms with E-state index >= 15 is 0 Å². The van der Waals surface area contributed by atoms with Crippen LogP contribution < -0.4 is 0 Å². The predicted molar refractivity (Wildman–Crippen MR) is 37.7 cm³/mol. The van der Waals surface area contributed by atoms with Crippen LogP contribution in [0.4, 0.5) is 30.7 Å². The van der Waals surface area contributed by atoms with Gasteiger partial charge in [0, 0.05) is 0 Å².